The molecule has 0 bridgehead atoms. The predicted molar refractivity (Wildman–Crippen MR) is 88.6 cm³/mol. The number of amides is 1. The van der Waals surface area contributed by atoms with Gasteiger partial charge in [0, 0.05) is 49.3 Å². The van der Waals surface area contributed by atoms with Crippen LogP contribution in [0.1, 0.15) is 10.4 Å². The zero-order valence-corrected chi connectivity index (χ0v) is 12.8. The molecular formula is C16H17ClN4O. The van der Waals surface area contributed by atoms with Crippen LogP contribution < -0.4 is 15.5 Å². The van der Waals surface area contributed by atoms with Crippen molar-refractivity contribution in [3.05, 3.63) is 53.3 Å². The molecule has 5 nitrogen and oxygen atoms in total. The molecule has 6 heteroatoms. The van der Waals surface area contributed by atoms with E-state index in [2.05, 4.69) is 14.8 Å². The lowest BCUT2D eigenvalue weighted by Gasteiger charge is -2.37. The Balaban J connectivity index is 1.72. The van der Waals surface area contributed by atoms with E-state index in [0.29, 0.717) is 5.56 Å². The van der Waals surface area contributed by atoms with Gasteiger partial charge in [-0.2, -0.15) is 0 Å². The number of benzene rings is 1. The maximum Gasteiger partial charge on any atom is 0.252 e. The van der Waals surface area contributed by atoms with Gasteiger partial charge in [-0.25, -0.2) is 0 Å². The van der Waals surface area contributed by atoms with Crippen LogP contribution in [0.2, 0.25) is 5.02 Å². The van der Waals surface area contributed by atoms with E-state index < -0.39 is 5.91 Å². The molecule has 1 aromatic heterocycles. The number of hydrogen-bond donors (Lipinski definition) is 1. The van der Waals surface area contributed by atoms with E-state index in [9.17, 15) is 4.79 Å². The first-order chi connectivity index (χ1) is 10.6. The fourth-order valence-electron chi connectivity index (χ4n) is 2.71. The van der Waals surface area contributed by atoms with Crippen molar-refractivity contribution in [3.8, 4) is 0 Å². The molecule has 1 aliphatic rings. The second kappa shape index (κ2) is 6.23. The highest BCUT2D eigenvalue weighted by Gasteiger charge is 2.20. The Bertz CT molecular complexity index is 666. The number of aromatic nitrogens is 1. The zero-order valence-electron chi connectivity index (χ0n) is 12.1. The van der Waals surface area contributed by atoms with Gasteiger partial charge >= 0.3 is 0 Å². The maximum atomic E-state index is 11.5. The second-order valence-electron chi connectivity index (χ2n) is 5.21. The lowest BCUT2D eigenvalue weighted by atomic mass is 10.1. The molecule has 1 fully saturated rings. The van der Waals surface area contributed by atoms with Gasteiger partial charge in [-0.3, -0.25) is 9.78 Å². The quantitative estimate of drug-likeness (QED) is 0.942. The highest BCUT2D eigenvalue weighted by Crippen LogP contribution is 2.24. The summed E-state index contributed by atoms with van der Waals surface area (Å²) in [5.41, 5.74) is 7.92. The fraction of sp³-hybridized carbons (Fsp3) is 0.250. The number of nitrogens with two attached hydrogens (primary N) is 1. The minimum Gasteiger partial charge on any atom is -0.368 e. The van der Waals surface area contributed by atoms with Crippen molar-refractivity contribution in [2.75, 3.05) is 36.0 Å². The van der Waals surface area contributed by atoms with Gasteiger partial charge < -0.3 is 15.5 Å². The highest BCUT2D eigenvalue weighted by molar-refractivity contribution is 6.30. The van der Waals surface area contributed by atoms with Gasteiger partial charge in [-0.15, -0.1) is 0 Å². The summed E-state index contributed by atoms with van der Waals surface area (Å²) in [6.07, 6.45) is 3.22. The van der Waals surface area contributed by atoms with E-state index in [1.165, 1.54) is 6.20 Å². The molecule has 1 amide bonds. The lowest BCUT2D eigenvalue weighted by molar-refractivity contribution is 0.100. The molecule has 22 heavy (non-hydrogen) atoms. The van der Waals surface area contributed by atoms with E-state index in [4.69, 9.17) is 17.3 Å². The number of halogens is 1. The standard InChI is InChI=1S/C16H17ClN4O/c17-12-1-3-13(4-2-12)20-7-9-21(10-8-20)15-5-6-19-11-14(15)16(18)22/h1-6,11H,7-10H2,(H2,18,22). The van der Waals surface area contributed by atoms with E-state index in [1.807, 2.05) is 30.3 Å². The van der Waals surface area contributed by atoms with Crippen molar-refractivity contribution in [2.24, 2.45) is 5.73 Å². The van der Waals surface area contributed by atoms with Crippen molar-refractivity contribution >= 4 is 28.9 Å². The summed E-state index contributed by atoms with van der Waals surface area (Å²) >= 11 is 5.92. The number of rotatable bonds is 3. The van der Waals surface area contributed by atoms with Crippen molar-refractivity contribution in [2.45, 2.75) is 0 Å². The third-order valence-corrected chi connectivity index (χ3v) is 4.13. The molecule has 2 aromatic rings. The average Bonchev–Trinajstić information content (AvgIpc) is 2.56. The van der Waals surface area contributed by atoms with E-state index in [-0.39, 0.29) is 0 Å². The summed E-state index contributed by atoms with van der Waals surface area (Å²) in [6.45, 7) is 3.41. The number of carbonyl (C=O) groups excluding carboxylic acids is 1. The number of hydrogen-bond acceptors (Lipinski definition) is 4. The van der Waals surface area contributed by atoms with Gasteiger partial charge in [0.05, 0.1) is 11.3 Å². The molecule has 0 spiro atoms. The van der Waals surface area contributed by atoms with Gasteiger partial charge in [0.2, 0.25) is 0 Å². The van der Waals surface area contributed by atoms with Crippen molar-refractivity contribution < 1.29 is 4.79 Å². The maximum absolute atomic E-state index is 11.5. The number of carbonyl (C=O) groups is 1. The van der Waals surface area contributed by atoms with Crippen LogP contribution in [0.3, 0.4) is 0 Å². The van der Waals surface area contributed by atoms with Crippen LogP contribution in [-0.4, -0.2) is 37.1 Å². The molecule has 1 saturated heterocycles. The first kappa shape index (κ1) is 14.7. The number of primary amides is 1. The molecule has 0 unspecified atom stereocenters. The molecule has 0 aliphatic carbocycles. The van der Waals surface area contributed by atoms with Gasteiger partial charge in [0.25, 0.3) is 5.91 Å². The average molecular weight is 317 g/mol. The third-order valence-electron chi connectivity index (χ3n) is 3.88. The largest absolute Gasteiger partial charge is 0.368 e. The van der Waals surface area contributed by atoms with Crippen molar-refractivity contribution in [1.82, 2.24) is 4.98 Å². The Hall–Kier alpha value is -2.27. The normalized spacial score (nSPS) is 15.0. The second-order valence-corrected chi connectivity index (χ2v) is 5.64. The summed E-state index contributed by atoms with van der Waals surface area (Å²) in [6, 6.07) is 9.70. The first-order valence-electron chi connectivity index (χ1n) is 7.14. The molecule has 0 saturated carbocycles. The van der Waals surface area contributed by atoms with Gasteiger partial charge in [0.1, 0.15) is 0 Å². The van der Waals surface area contributed by atoms with Gasteiger partial charge in [0.15, 0.2) is 0 Å². The molecule has 1 aromatic carbocycles. The Morgan fingerprint density at radius 3 is 2.32 bits per heavy atom. The molecule has 1 aliphatic heterocycles. The van der Waals surface area contributed by atoms with Crippen molar-refractivity contribution in [1.29, 1.82) is 0 Å². The summed E-state index contributed by atoms with van der Waals surface area (Å²) < 4.78 is 0. The number of anilines is 2. The molecule has 0 radical (unpaired) electrons. The Morgan fingerprint density at radius 1 is 1.05 bits per heavy atom. The summed E-state index contributed by atoms with van der Waals surface area (Å²) in [5, 5.41) is 0.741. The first-order valence-corrected chi connectivity index (χ1v) is 7.52. The molecule has 0 atom stereocenters. The smallest absolute Gasteiger partial charge is 0.252 e. The topological polar surface area (TPSA) is 62.5 Å². The van der Waals surface area contributed by atoms with Crippen LogP contribution in [0.25, 0.3) is 0 Å². The van der Waals surface area contributed by atoms with Crippen LogP contribution in [0.5, 0.6) is 0 Å². The van der Waals surface area contributed by atoms with E-state index >= 15 is 0 Å². The zero-order chi connectivity index (χ0) is 15.5. The molecular weight excluding hydrogens is 300 g/mol. The van der Waals surface area contributed by atoms with E-state index in [1.54, 1.807) is 6.20 Å². The SMILES string of the molecule is NC(=O)c1cnccc1N1CCN(c2ccc(Cl)cc2)CC1. The number of pyridine rings is 1. The van der Waals surface area contributed by atoms with Gasteiger partial charge in [-0.05, 0) is 30.3 Å². The monoisotopic (exact) mass is 316 g/mol. The van der Waals surface area contributed by atoms with E-state index in [0.717, 1.165) is 42.6 Å². The summed E-state index contributed by atoms with van der Waals surface area (Å²) in [5.74, 6) is -0.441. The Morgan fingerprint density at radius 2 is 1.68 bits per heavy atom. The Kier molecular flexibility index (Phi) is 4.15. The highest BCUT2D eigenvalue weighted by atomic mass is 35.5. The van der Waals surface area contributed by atoms with Gasteiger partial charge in [-0.1, -0.05) is 11.6 Å². The van der Waals surface area contributed by atoms with Crippen molar-refractivity contribution in [3.63, 3.8) is 0 Å². The van der Waals surface area contributed by atoms with Crippen LogP contribution in [-0.2, 0) is 0 Å². The molecule has 3 rings (SSSR count). The van der Waals surface area contributed by atoms with Crippen LogP contribution >= 0.6 is 11.6 Å². The minimum absolute atomic E-state index is 0.441. The van der Waals surface area contributed by atoms with Crippen LogP contribution in [0, 0.1) is 0 Å². The number of piperazine rings is 1. The minimum atomic E-state index is -0.441. The fourth-order valence-corrected chi connectivity index (χ4v) is 2.84. The molecule has 114 valence electrons. The Labute approximate surface area is 134 Å². The lowest BCUT2D eigenvalue weighted by Crippen LogP contribution is -2.47. The number of nitrogens with zero attached hydrogens (tertiary/aromatic N) is 3. The molecule has 2 heterocycles. The molecule has 2 N–H and O–H groups in total. The van der Waals surface area contributed by atoms with Crippen LogP contribution in [0.15, 0.2) is 42.7 Å². The van der Waals surface area contributed by atoms with Crippen LogP contribution in [0.4, 0.5) is 11.4 Å². The third kappa shape index (κ3) is 2.99. The predicted octanol–water partition coefficient (Wildman–Crippen LogP) is 2.16. The summed E-state index contributed by atoms with van der Waals surface area (Å²) in [4.78, 5) is 20.0. The summed E-state index contributed by atoms with van der Waals surface area (Å²) in [7, 11) is 0.